The number of hydrogen-bond donors (Lipinski definition) is 1. The Kier molecular flexibility index (Phi) is 8.26. The van der Waals surface area contributed by atoms with Crippen molar-refractivity contribution < 1.29 is 19.2 Å². The van der Waals surface area contributed by atoms with E-state index in [2.05, 4.69) is 22.2 Å². The van der Waals surface area contributed by atoms with Crippen LogP contribution in [0.4, 0.5) is 5.69 Å². The first-order valence-electron chi connectivity index (χ1n) is 14.7. The Morgan fingerprint density at radius 1 is 0.923 bits per heavy atom. The van der Waals surface area contributed by atoms with Crippen molar-refractivity contribution in [3.8, 4) is 0 Å². The van der Waals surface area contributed by atoms with Crippen LogP contribution in [0.5, 0.6) is 0 Å². The van der Waals surface area contributed by atoms with Gasteiger partial charge in [0.05, 0.1) is 12.6 Å². The lowest BCUT2D eigenvalue weighted by molar-refractivity contribution is -0.138. The van der Waals surface area contributed by atoms with Gasteiger partial charge >= 0.3 is 0 Å². The Bertz CT molecular complexity index is 1080. The molecule has 0 spiro atoms. The molecular formula is C30H43N5O4. The number of ketones is 1. The molecule has 4 fully saturated rings. The topological polar surface area (TPSA) is 93.3 Å². The Morgan fingerprint density at radius 2 is 1.59 bits per heavy atom. The number of carbonyl (C=O) groups excluding carboxylic acids is 4. The molecule has 1 aliphatic carbocycles. The molecule has 1 N–H and O–H groups in total. The van der Waals surface area contributed by atoms with E-state index >= 15 is 0 Å². The average Bonchev–Trinajstić information content (AvgIpc) is 3.67. The second kappa shape index (κ2) is 11.7. The Labute approximate surface area is 231 Å². The normalized spacial score (nSPS) is 24.9. The van der Waals surface area contributed by atoms with Crippen molar-refractivity contribution in [2.24, 2.45) is 11.8 Å². The lowest BCUT2D eigenvalue weighted by atomic mass is 10.0. The van der Waals surface area contributed by atoms with E-state index in [1.807, 2.05) is 38.1 Å². The third kappa shape index (κ3) is 5.83. The average molecular weight is 538 g/mol. The monoisotopic (exact) mass is 537 g/mol. The minimum absolute atomic E-state index is 0.0110. The molecule has 3 saturated heterocycles. The van der Waals surface area contributed by atoms with E-state index in [4.69, 9.17) is 0 Å². The summed E-state index contributed by atoms with van der Waals surface area (Å²) in [5, 5.41) is 2.98. The first kappa shape index (κ1) is 27.6. The second-order valence-corrected chi connectivity index (χ2v) is 12.2. The number of likely N-dealkylation sites (tertiary alicyclic amines) is 2. The van der Waals surface area contributed by atoms with Gasteiger partial charge in [0.15, 0.2) is 5.78 Å². The van der Waals surface area contributed by atoms with Crippen LogP contribution in [0.15, 0.2) is 24.3 Å². The van der Waals surface area contributed by atoms with Crippen molar-refractivity contribution in [2.75, 3.05) is 51.2 Å². The summed E-state index contributed by atoms with van der Waals surface area (Å²) < 4.78 is 0. The Morgan fingerprint density at radius 3 is 2.23 bits per heavy atom. The van der Waals surface area contributed by atoms with E-state index in [-0.39, 0.29) is 47.9 Å². The molecule has 0 radical (unpaired) electrons. The van der Waals surface area contributed by atoms with Gasteiger partial charge < -0.3 is 24.9 Å². The summed E-state index contributed by atoms with van der Waals surface area (Å²) >= 11 is 0. The number of anilines is 1. The molecule has 0 aromatic heterocycles. The second-order valence-electron chi connectivity index (χ2n) is 12.2. The van der Waals surface area contributed by atoms with Gasteiger partial charge in [-0.1, -0.05) is 26.7 Å². The molecule has 212 valence electrons. The minimum atomic E-state index is -0.721. The van der Waals surface area contributed by atoms with Crippen LogP contribution in [0.3, 0.4) is 0 Å². The van der Waals surface area contributed by atoms with Gasteiger partial charge in [-0.3, -0.25) is 19.2 Å². The number of piperazine rings is 1. The summed E-state index contributed by atoms with van der Waals surface area (Å²) in [5.74, 6) is -0.303. The molecule has 3 heterocycles. The summed E-state index contributed by atoms with van der Waals surface area (Å²) in [6.07, 6.45) is 5.00. The number of nitrogens with one attached hydrogen (secondary N) is 1. The smallest absolute Gasteiger partial charge is 0.251 e. The third-order valence-electron chi connectivity index (χ3n) is 9.00. The molecule has 39 heavy (non-hydrogen) atoms. The fourth-order valence-corrected chi connectivity index (χ4v) is 6.79. The molecule has 9 nitrogen and oxygen atoms in total. The molecule has 4 aliphatic rings. The van der Waals surface area contributed by atoms with Gasteiger partial charge in [-0.15, -0.1) is 0 Å². The van der Waals surface area contributed by atoms with E-state index in [0.29, 0.717) is 24.9 Å². The van der Waals surface area contributed by atoms with E-state index < -0.39 is 12.1 Å². The molecule has 5 rings (SSSR count). The van der Waals surface area contributed by atoms with E-state index in [9.17, 15) is 19.2 Å². The quantitative estimate of drug-likeness (QED) is 0.573. The highest BCUT2D eigenvalue weighted by Gasteiger charge is 2.53. The van der Waals surface area contributed by atoms with Crippen LogP contribution in [0.2, 0.25) is 0 Å². The predicted octanol–water partition coefficient (Wildman–Crippen LogP) is 2.15. The molecule has 1 aromatic carbocycles. The predicted molar refractivity (Wildman–Crippen MR) is 149 cm³/mol. The number of amides is 3. The van der Waals surface area contributed by atoms with Crippen LogP contribution in [0.25, 0.3) is 0 Å². The largest absolute Gasteiger partial charge is 0.369 e. The molecule has 3 atom stereocenters. The third-order valence-corrected chi connectivity index (χ3v) is 9.00. The van der Waals surface area contributed by atoms with Gasteiger partial charge in [-0.05, 0) is 62.9 Å². The number of rotatable bonds is 7. The number of fused-ring (bicyclic) bond motifs is 1. The maximum Gasteiger partial charge on any atom is 0.251 e. The van der Waals surface area contributed by atoms with Crippen molar-refractivity contribution in [1.82, 2.24) is 20.0 Å². The number of carbonyl (C=O) groups is 4. The highest BCUT2D eigenvalue weighted by molar-refractivity contribution is 6.01. The van der Waals surface area contributed by atoms with Gasteiger partial charge in [-0.2, -0.15) is 0 Å². The van der Waals surface area contributed by atoms with Crippen LogP contribution in [-0.2, 0) is 14.4 Å². The minimum Gasteiger partial charge on any atom is -0.369 e. The molecule has 3 unspecified atom stereocenters. The SMILES string of the molecule is CC(C)CC(NC(=O)c1ccc(N2CCN(C)CC2)cc1)C(=O)N1CCC2C1C(=O)CN2C(=O)C1CCCC1. The fourth-order valence-electron chi connectivity index (χ4n) is 6.79. The van der Waals surface area contributed by atoms with Crippen LogP contribution < -0.4 is 10.2 Å². The molecule has 9 heteroatoms. The lowest BCUT2D eigenvalue weighted by Gasteiger charge is -2.34. The van der Waals surface area contributed by atoms with Crippen molar-refractivity contribution in [3.63, 3.8) is 0 Å². The van der Waals surface area contributed by atoms with E-state index in [0.717, 1.165) is 57.5 Å². The number of hydrogen-bond acceptors (Lipinski definition) is 6. The van der Waals surface area contributed by atoms with Crippen LogP contribution in [0.1, 0.15) is 62.7 Å². The van der Waals surface area contributed by atoms with Crippen LogP contribution in [-0.4, -0.2) is 103 Å². The summed E-state index contributed by atoms with van der Waals surface area (Å²) in [4.78, 5) is 61.3. The van der Waals surface area contributed by atoms with Crippen molar-refractivity contribution in [2.45, 2.75) is 70.5 Å². The molecule has 1 aromatic rings. The first-order valence-corrected chi connectivity index (χ1v) is 14.7. The standard InChI is InChI=1S/C30H43N5O4/c1-20(2)18-24(31-28(37)21-8-10-23(11-9-21)33-16-14-32(3)15-17-33)30(39)34-13-12-25-27(34)26(36)19-35(25)29(38)22-6-4-5-7-22/h8-11,20,22,24-25,27H,4-7,12-19H2,1-3H3,(H,31,37). The molecule has 0 bridgehead atoms. The van der Waals surface area contributed by atoms with Crippen molar-refractivity contribution >= 4 is 29.2 Å². The molecule has 3 amide bonds. The summed E-state index contributed by atoms with van der Waals surface area (Å²) in [6.45, 7) is 8.48. The van der Waals surface area contributed by atoms with Gasteiger partial charge in [0, 0.05) is 49.9 Å². The summed E-state index contributed by atoms with van der Waals surface area (Å²) in [7, 11) is 2.12. The zero-order chi connectivity index (χ0) is 27.7. The highest BCUT2D eigenvalue weighted by atomic mass is 16.2. The summed E-state index contributed by atoms with van der Waals surface area (Å²) in [6, 6.07) is 6.01. The first-order chi connectivity index (χ1) is 18.7. The van der Waals surface area contributed by atoms with Gasteiger partial charge in [0.1, 0.15) is 12.1 Å². The highest BCUT2D eigenvalue weighted by Crippen LogP contribution is 2.35. The number of likely N-dealkylation sites (N-methyl/N-ethyl adjacent to an activating group) is 1. The Balaban J connectivity index is 1.25. The van der Waals surface area contributed by atoms with E-state index in [1.54, 1.807) is 9.80 Å². The summed E-state index contributed by atoms with van der Waals surface area (Å²) in [5.41, 5.74) is 1.60. The number of Topliss-reactive ketones (excluding diaryl/α,β-unsaturated/α-hetero) is 1. The fraction of sp³-hybridized carbons (Fsp3) is 0.667. The van der Waals surface area contributed by atoms with Gasteiger partial charge in [0.2, 0.25) is 11.8 Å². The number of nitrogens with zero attached hydrogens (tertiary/aromatic N) is 4. The van der Waals surface area contributed by atoms with Gasteiger partial charge in [-0.25, -0.2) is 0 Å². The van der Waals surface area contributed by atoms with Gasteiger partial charge in [0.25, 0.3) is 5.91 Å². The van der Waals surface area contributed by atoms with Crippen molar-refractivity contribution in [1.29, 1.82) is 0 Å². The van der Waals surface area contributed by atoms with Crippen LogP contribution >= 0.6 is 0 Å². The zero-order valence-corrected chi connectivity index (χ0v) is 23.6. The molecule has 3 aliphatic heterocycles. The maximum absolute atomic E-state index is 13.8. The van der Waals surface area contributed by atoms with Crippen LogP contribution in [0, 0.1) is 11.8 Å². The zero-order valence-electron chi connectivity index (χ0n) is 23.6. The number of benzene rings is 1. The van der Waals surface area contributed by atoms with E-state index in [1.165, 1.54) is 0 Å². The maximum atomic E-state index is 13.8. The van der Waals surface area contributed by atoms with Crippen molar-refractivity contribution in [3.05, 3.63) is 29.8 Å². The Hall–Kier alpha value is -2.94. The molecular weight excluding hydrogens is 494 g/mol. The lowest BCUT2D eigenvalue weighted by Crippen LogP contribution is -2.53. The molecule has 1 saturated carbocycles.